The van der Waals surface area contributed by atoms with E-state index in [-0.39, 0.29) is 50.3 Å². The number of amides is 3. The van der Waals surface area contributed by atoms with E-state index in [9.17, 15) is 28.8 Å². The Hall–Kier alpha value is -3.76. The van der Waals surface area contributed by atoms with Crippen LogP contribution in [0.2, 0.25) is 0 Å². The van der Waals surface area contributed by atoms with Crippen LogP contribution in [-0.4, -0.2) is 53.2 Å². The number of esters is 1. The van der Waals surface area contributed by atoms with Gasteiger partial charge in [-0.2, -0.15) is 0 Å². The number of hydrogen-bond donors (Lipinski definition) is 3. The highest BCUT2D eigenvalue weighted by molar-refractivity contribution is 5.90. The van der Waals surface area contributed by atoms with Crippen molar-refractivity contribution >= 4 is 29.5 Å². The number of pyridine rings is 1. The quantitative estimate of drug-likeness (QED) is 0.191. The van der Waals surface area contributed by atoms with Gasteiger partial charge in [0.15, 0.2) is 11.6 Å². The second-order valence-electron chi connectivity index (χ2n) is 9.33. The molecule has 38 heavy (non-hydrogen) atoms. The summed E-state index contributed by atoms with van der Waals surface area (Å²) in [5, 5.41) is 4.93. The van der Waals surface area contributed by atoms with E-state index in [0.29, 0.717) is 18.8 Å². The lowest BCUT2D eigenvalue weighted by Crippen LogP contribution is -2.43. The minimum Gasteiger partial charge on any atom is -0.463 e. The topological polar surface area (TPSA) is 167 Å². The molecule has 0 aliphatic heterocycles. The lowest BCUT2D eigenvalue weighted by Gasteiger charge is -2.17. The predicted octanol–water partition coefficient (Wildman–Crippen LogP) is 1.80. The van der Waals surface area contributed by atoms with Gasteiger partial charge in [-0.05, 0) is 38.2 Å². The standard InChI is InChI=1S/C27H40N4O7/c1-4-38-25(35)13-6-5-12-22(30-24(34)14-15-29-27(28)37)23(33)17-20-10-8-16-31(26(20)36)18-21(32)11-7-9-19(2)3/h6,8,10,13,16,19,22H,4-5,7,9,11-12,14-15,17-18H2,1-3H3,(H,30,34)(H3,28,29,37)/b13-6+/t22-/m0/s1. The van der Waals surface area contributed by atoms with Crippen LogP contribution in [0, 0.1) is 5.92 Å². The monoisotopic (exact) mass is 532 g/mol. The molecular weight excluding hydrogens is 492 g/mol. The van der Waals surface area contributed by atoms with Crippen LogP contribution in [0.15, 0.2) is 35.3 Å². The van der Waals surface area contributed by atoms with Crippen molar-refractivity contribution in [3.8, 4) is 0 Å². The summed E-state index contributed by atoms with van der Waals surface area (Å²) in [7, 11) is 0. The number of primary amides is 1. The van der Waals surface area contributed by atoms with Gasteiger partial charge in [-0.3, -0.25) is 19.2 Å². The molecule has 0 unspecified atom stereocenters. The highest BCUT2D eigenvalue weighted by Gasteiger charge is 2.22. The van der Waals surface area contributed by atoms with Crippen molar-refractivity contribution in [3.05, 3.63) is 46.4 Å². The fourth-order valence-electron chi connectivity index (χ4n) is 3.65. The summed E-state index contributed by atoms with van der Waals surface area (Å²) in [4.78, 5) is 73.0. The Labute approximate surface area is 223 Å². The van der Waals surface area contributed by atoms with Crippen molar-refractivity contribution in [2.45, 2.75) is 78.3 Å². The van der Waals surface area contributed by atoms with Gasteiger partial charge in [-0.15, -0.1) is 0 Å². The molecule has 1 rings (SSSR count). The average molecular weight is 533 g/mol. The molecule has 4 N–H and O–H groups in total. The summed E-state index contributed by atoms with van der Waals surface area (Å²) < 4.78 is 6.12. The molecule has 1 atom stereocenters. The summed E-state index contributed by atoms with van der Waals surface area (Å²) in [6, 6.07) is 1.43. The molecule has 0 aromatic carbocycles. The van der Waals surface area contributed by atoms with Gasteiger partial charge < -0.3 is 25.7 Å². The Morgan fingerprint density at radius 3 is 2.53 bits per heavy atom. The molecular formula is C27H40N4O7. The first-order valence-electron chi connectivity index (χ1n) is 12.9. The summed E-state index contributed by atoms with van der Waals surface area (Å²) in [5.41, 5.74) is 4.78. The largest absolute Gasteiger partial charge is 0.463 e. The maximum absolute atomic E-state index is 13.1. The number of rotatable bonds is 18. The molecule has 210 valence electrons. The van der Waals surface area contributed by atoms with Gasteiger partial charge in [0, 0.05) is 43.6 Å². The lowest BCUT2D eigenvalue weighted by molar-refractivity contribution is -0.137. The van der Waals surface area contributed by atoms with Crippen molar-refractivity contribution in [1.82, 2.24) is 15.2 Å². The first-order chi connectivity index (χ1) is 18.0. The van der Waals surface area contributed by atoms with E-state index in [1.165, 1.54) is 22.9 Å². The molecule has 1 aromatic rings. The molecule has 3 amide bonds. The van der Waals surface area contributed by atoms with Gasteiger partial charge >= 0.3 is 12.0 Å². The van der Waals surface area contributed by atoms with E-state index in [1.54, 1.807) is 19.1 Å². The molecule has 1 aromatic heterocycles. The van der Waals surface area contributed by atoms with E-state index < -0.39 is 35.3 Å². The third-order valence-electron chi connectivity index (χ3n) is 5.59. The number of Topliss-reactive ketones (excluding diaryl/α,β-unsaturated/α-hetero) is 2. The number of nitrogens with one attached hydrogen (secondary N) is 2. The van der Waals surface area contributed by atoms with Gasteiger partial charge in [0.25, 0.3) is 5.56 Å². The molecule has 0 aliphatic carbocycles. The van der Waals surface area contributed by atoms with Crippen LogP contribution in [0.4, 0.5) is 4.79 Å². The van der Waals surface area contributed by atoms with Crippen molar-refractivity contribution in [1.29, 1.82) is 0 Å². The number of hydrogen-bond acceptors (Lipinski definition) is 7. The molecule has 0 saturated heterocycles. The van der Waals surface area contributed by atoms with E-state index in [2.05, 4.69) is 24.5 Å². The number of nitrogens with two attached hydrogens (primary N) is 1. The molecule has 11 nitrogen and oxygen atoms in total. The Kier molecular flexibility index (Phi) is 15.0. The number of carbonyl (C=O) groups is 5. The summed E-state index contributed by atoms with van der Waals surface area (Å²) in [6.07, 6.45) is 6.50. The van der Waals surface area contributed by atoms with E-state index in [4.69, 9.17) is 10.5 Å². The summed E-state index contributed by atoms with van der Waals surface area (Å²) in [5.74, 6) is -0.957. The van der Waals surface area contributed by atoms with Crippen LogP contribution in [0.1, 0.15) is 64.9 Å². The number of ketones is 2. The van der Waals surface area contributed by atoms with Crippen LogP contribution in [0.5, 0.6) is 0 Å². The molecule has 0 radical (unpaired) electrons. The fraction of sp³-hybridized carbons (Fsp3) is 0.556. The average Bonchev–Trinajstić information content (AvgIpc) is 2.83. The first-order valence-corrected chi connectivity index (χ1v) is 12.9. The van der Waals surface area contributed by atoms with Crippen LogP contribution in [0.3, 0.4) is 0 Å². The maximum Gasteiger partial charge on any atom is 0.330 e. The first kappa shape index (κ1) is 32.3. The Morgan fingerprint density at radius 2 is 1.87 bits per heavy atom. The lowest BCUT2D eigenvalue weighted by atomic mass is 10.00. The van der Waals surface area contributed by atoms with Crippen molar-refractivity contribution in [3.63, 3.8) is 0 Å². The molecule has 0 aliphatic rings. The maximum atomic E-state index is 13.1. The zero-order valence-electron chi connectivity index (χ0n) is 22.5. The highest BCUT2D eigenvalue weighted by atomic mass is 16.5. The Balaban J connectivity index is 2.90. The van der Waals surface area contributed by atoms with Gasteiger partial charge in [0.2, 0.25) is 5.91 Å². The van der Waals surface area contributed by atoms with Gasteiger partial charge in [-0.25, -0.2) is 9.59 Å². The zero-order chi connectivity index (χ0) is 28.5. The fourth-order valence-corrected chi connectivity index (χ4v) is 3.65. The number of allylic oxidation sites excluding steroid dienone is 1. The van der Waals surface area contributed by atoms with Crippen molar-refractivity contribution < 1.29 is 28.7 Å². The van der Waals surface area contributed by atoms with Gasteiger partial charge in [0.1, 0.15) is 0 Å². The molecule has 11 heteroatoms. The smallest absolute Gasteiger partial charge is 0.330 e. The van der Waals surface area contributed by atoms with Crippen LogP contribution >= 0.6 is 0 Å². The minimum absolute atomic E-state index is 0.000567. The van der Waals surface area contributed by atoms with Crippen LogP contribution in [-0.2, 0) is 36.9 Å². The Morgan fingerprint density at radius 1 is 1.13 bits per heavy atom. The molecule has 0 fully saturated rings. The second-order valence-corrected chi connectivity index (χ2v) is 9.33. The van der Waals surface area contributed by atoms with Crippen LogP contribution < -0.4 is 21.9 Å². The predicted molar refractivity (Wildman–Crippen MR) is 142 cm³/mol. The molecule has 1 heterocycles. The van der Waals surface area contributed by atoms with Crippen LogP contribution in [0.25, 0.3) is 0 Å². The third kappa shape index (κ3) is 13.5. The highest BCUT2D eigenvalue weighted by Crippen LogP contribution is 2.08. The van der Waals surface area contributed by atoms with E-state index in [1.807, 2.05) is 0 Å². The normalized spacial score (nSPS) is 11.8. The van der Waals surface area contributed by atoms with Gasteiger partial charge in [0.05, 0.1) is 19.2 Å². The number of urea groups is 1. The van der Waals surface area contributed by atoms with Gasteiger partial charge in [-0.1, -0.05) is 32.4 Å². The molecule has 0 saturated carbocycles. The van der Waals surface area contributed by atoms with E-state index in [0.717, 1.165) is 12.8 Å². The number of carbonyl (C=O) groups excluding carboxylic acids is 5. The van der Waals surface area contributed by atoms with Crippen molar-refractivity contribution in [2.75, 3.05) is 13.2 Å². The number of ether oxygens (including phenoxy) is 1. The van der Waals surface area contributed by atoms with E-state index >= 15 is 0 Å². The SMILES string of the molecule is CCOC(=O)/C=C/CC[C@H](NC(=O)CCNC(N)=O)C(=O)Cc1cccn(CC(=O)CCCC(C)C)c1=O. The van der Waals surface area contributed by atoms with Crippen molar-refractivity contribution in [2.24, 2.45) is 11.7 Å². The second kappa shape index (κ2) is 17.7. The Bertz CT molecular complexity index is 1050. The summed E-state index contributed by atoms with van der Waals surface area (Å²) >= 11 is 0. The number of aromatic nitrogens is 1. The number of nitrogens with zero attached hydrogens (tertiary/aromatic N) is 1. The minimum atomic E-state index is -0.936. The third-order valence-corrected chi connectivity index (χ3v) is 5.59. The summed E-state index contributed by atoms with van der Waals surface area (Å²) in [6.45, 7) is 6.02. The zero-order valence-corrected chi connectivity index (χ0v) is 22.5. The molecule has 0 bridgehead atoms. The molecule has 0 spiro atoms.